The Labute approximate surface area is 98.5 Å². The van der Waals surface area contributed by atoms with E-state index in [1.54, 1.807) is 0 Å². The summed E-state index contributed by atoms with van der Waals surface area (Å²) in [6.45, 7) is 5.85. The molecule has 0 unspecified atom stereocenters. The molecule has 0 atom stereocenters. The second kappa shape index (κ2) is 4.89. The number of aromatic nitrogens is 2. The summed E-state index contributed by atoms with van der Waals surface area (Å²) in [6.07, 6.45) is -1.76. The Hall–Kier alpha value is -1.33. The molecular formula is C11H16F3N3. The van der Waals surface area contributed by atoms with Crippen LogP contribution in [-0.4, -0.2) is 15.5 Å². The molecule has 1 aromatic heterocycles. The number of anilines is 1. The molecule has 0 saturated heterocycles. The first-order chi connectivity index (χ1) is 7.80. The normalized spacial score (nSPS) is 12.6. The van der Waals surface area contributed by atoms with Crippen LogP contribution in [0.5, 0.6) is 0 Å². The number of hydrogen-bond acceptors (Lipinski definition) is 3. The highest BCUT2D eigenvalue weighted by Gasteiger charge is 2.33. The Kier molecular flexibility index (Phi) is 3.95. The van der Waals surface area contributed by atoms with Gasteiger partial charge in [-0.3, -0.25) is 0 Å². The molecule has 0 spiro atoms. The van der Waals surface area contributed by atoms with Crippen LogP contribution in [0.3, 0.4) is 0 Å². The first kappa shape index (κ1) is 13.7. The number of alkyl halides is 3. The van der Waals surface area contributed by atoms with Gasteiger partial charge in [-0.05, 0) is 25.8 Å². The summed E-state index contributed by atoms with van der Waals surface area (Å²) >= 11 is 0. The first-order valence-electron chi connectivity index (χ1n) is 5.49. The van der Waals surface area contributed by atoms with Crippen molar-refractivity contribution in [2.24, 2.45) is 0 Å². The third-order valence-electron chi connectivity index (χ3n) is 2.92. The van der Waals surface area contributed by atoms with Gasteiger partial charge in [0.15, 0.2) is 0 Å². The summed E-state index contributed by atoms with van der Waals surface area (Å²) < 4.78 is 37.3. The number of halogens is 3. The molecule has 1 N–H and O–H groups in total. The van der Waals surface area contributed by atoms with E-state index < -0.39 is 11.9 Å². The Morgan fingerprint density at radius 1 is 1.24 bits per heavy atom. The zero-order valence-corrected chi connectivity index (χ0v) is 10.1. The van der Waals surface area contributed by atoms with Crippen LogP contribution in [0.1, 0.15) is 39.3 Å². The van der Waals surface area contributed by atoms with Crippen molar-refractivity contribution in [1.82, 2.24) is 9.97 Å². The lowest BCUT2D eigenvalue weighted by atomic mass is 9.96. The van der Waals surface area contributed by atoms with Gasteiger partial charge in [-0.15, -0.1) is 0 Å². The van der Waals surface area contributed by atoms with Crippen LogP contribution in [0.15, 0.2) is 12.3 Å². The molecule has 0 bridgehead atoms. The molecular weight excluding hydrogens is 231 g/mol. The van der Waals surface area contributed by atoms with Gasteiger partial charge in [0.05, 0.1) is 0 Å². The fourth-order valence-corrected chi connectivity index (χ4v) is 1.27. The van der Waals surface area contributed by atoms with E-state index in [-0.39, 0.29) is 11.5 Å². The van der Waals surface area contributed by atoms with Gasteiger partial charge in [0.25, 0.3) is 0 Å². The standard InChI is InChI=1S/C11H16F3N3/c1-4-10(3,5-2)17-9-15-7-6-8(16-9)11(12,13)14/h6-7H,4-5H2,1-3H3,(H,15,16,17). The highest BCUT2D eigenvalue weighted by Crippen LogP contribution is 2.28. The van der Waals surface area contributed by atoms with E-state index in [0.29, 0.717) is 0 Å². The van der Waals surface area contributed by atoms with Crippen molar-refractivity contribution in [3.63, 3.8) is 0 Å². The summed E-state index contributed by atoms with van der Waals surface area (Å²) in [7, 11) is 0. The van der Waals surface area contributed by atoms with Crippen LogP contribution in [0.4, 0.5) is 19.1 Å². The van der Waals surface area contributed by atoms with E-state index in [1.165, 1.54) is 0 Å². The Morgan fingerprint density at radius 3 is 2.29 bits per heavy atom. The van der Waals surface area contributed by atoms with Gasteiger partial charge in [-0.2, -0.15) is 13.2 Å². The van der Waals surface area contributed by atoms with Crippen LogP contribution >= 0.6 is 0 Å². The van der Waals surface area contributed by atoms with Gasteiger partial charge in [0, 0.05) is 11.7 Å². The van der Waals surface area contributed by atoms with E-state index in [1.807, 2.05) is 20.8 Å². The average molecular weight is 247 g/mol. The molecule has 96 valence electrons. The molecule has 6 heteroatoms. The minimum absolute atomic E-state index is 0.0195. The lowest BCUT2D eigenvalue weighted by molar-refractivity contribution is -0.141. The summed E-state index contributed by atoms with van der Waals surface area (Å²) in [5, 5.41) is 2.94. The highest BCUT2D eigenvalue weighted by atomic mass is 19.4. The zero-order chi connectivity index (χ0) is 13.1. The van der Waals surface area contributed by atoms with Crippen molar-refractivity contribution in [3.05, 3.63) is 18.0 Å². The molecule has 1 rings (SSSR count). The molecule has 0 aromatic carbocycles. The van der Waals surface area contributed by atoms with E-state index in [4.69, 9.17) is 0 Å². The van der Waals surface area contributed by atoms with Crippen LogP contribution in [-0.2, 0) is 6.18 Å². The molecule has 0 aliphatic rings. The Bertz CT molecular complexity index is 372. The maximum atomic E-state index is 12.4. The Balaban J connectivity index is 2.93. The van der Waals surface area contributed by atoms with Crippen LogP contribution in [0.2, 0.25) is 0 Å². The summed E-state index contributed by atoms with van der Waals surface area (Å²) in [6, 6.07) is 0.862. The largest absolute Gasteiger partial charge is 0.433 e. The predicted molar refractivity (Wildman–Crippen MR) is 59.6 cm³/mol. The van der Waals surface area contributed by atoms with Crippen molar-refractivity contribution in [2.75, 3.05) is 5.32 Å². The van der Waals surface area contributed by atoms with Gasteiger partial charge in [-0.1, -0.05) is 13.8 Å². The van der Waals surface area contributed by atoms with Crippen LogP contribution in [0, 0.1) is 0 Å². The molecule has 3 nitrogen and oxygen atoms in total. The minimum atomic E-state index is -4.44. The van der Waals surface area contributed by atoms with Gasteiger partial charge in [0.1, 0.15) is 5.69 Å². The maximum absolute atomic E-state index is 12.4. The van der Waals surface area contributed by atoms with E-state index in [2.05, 4.69) is 15.3 Å². The second-order valence-electron chi connectivity index (χ2n) is 4.16. The minimum Gasteiger partial charge on any atom is -0.349 e. The van der Waals surface area contributed by atoms with Gasteiger partial charge in [0.2, 0.25) is 5.95 Å². The third-order valence-corrected chi connectivity index (χ3v) is 2.92. The maximum Gasteiger partial charge on any atom is 0.433 e. The average Bonchev–Trinajstić information content (AvgIpc) is 2.28. The third kappa shape index (κ3) is 3.57. The molecule has 17 heavy (non-hydrogen) atoms. The summed E-state index contributed by atoms with van der Waals surface area (Å²) in [5.74, 6) is 0.0195. The smallest absolute Gasteiger partial charge is 0.349 e. The van der Waals surface area contributed by atoms with Crippen LogP contribution in [0.25, 0.3) is 0 Å². The summed E-state index contributed by atoms with van der Waals surface area (Å²) in [4.78, 5) is 7.29. The predicted octanol–water partition coefficient (Wildman–Crippen LogP) is 3.49. The zero-order valence-electron chi connectivity index (χ0n) is 10.1. The van der Waals surface area contributed by atoms with Crippen molar-refractivity contribution in [2.45, 2.75) is 45.3 Å². The lowest BCUT2D eigenvalue weighted by Gasteiger charge is -2.28. The van der Waals surface area contributed by atoms with Crippen molar-refractivity contribution < 1.29 is 13.2 Å². The SMILES string of the molecule is CCC(C)(CC)Nc1nccc(C(F)(F)F)n1. The molecule has 0 fully saturated rings. The fraction of sp³-hybridized carbons (Fsp3) is 0.636. The monoisotopic (exact) mass is 247 g/mol. The van der Waals surface area contributed by atoms with Crippen LogP contribution < -0.4 is 5.32 Å². The molecule has 0 saturated carbocycles. The summed E-state index contributed by atoms with van der Waals surface area (Å²) in [5.41, 5.74) is -1.21. The molecule has 0 amide bonds. The first-order valence-corrected chi connectivity index (χ1v) is 5.49. The lowest BCUT2D eigenvalue weighted by Crippen LogP contribution is -2.34. The number of hydrogen-bond donors (Lipinski definition) is 1. The van der Waals surface area contributed by atoms with Gasteiger partial charge >= 0.3 is 6.18 Å². The van der Waals surface area contributed by atoms with Crippen molar-refractivity contribution in [1.29, 1.82) is 0 Å². The van der Waals surface area contributed by atoms with Gasteiger partial charge < -0.3 is 5.32 Å². The fourth-order valence-electron chi connectivity index (χ4n) is 1.27. The molecule has 0 radical (unpaired) electrons. The van der Waals surface area contributed by atoms with E-state index >= 15 is 0 Å². The Morgan fingerprint density at radius 2 is 1.82 bits per heavy atom. The highest BCUT2D eigenvalue weighted by molar-refractivity contribution is 5.30. The topological polar surface area (TPSA) is 37.8 Å². The van der Waals surface area contributed by atoms with E-state index in [9.17, 15) is 13.2 Å². The van der Waals surface area contributed by atoms with Crippen molar-refractivity contribution >= 4 is 5.95 Å². The number of nitrogens with zero attached hydrogens (tertiary/aromatic N) is 2. The molecule has 1 heterocycles. The molecule has 0 aliphatic heterocycles. The van der Waals surface area contributed by atoms with Crippen molar-refractivity contribution in [3.8, 4) is 0 Å². The quantitative estimate of drug-likeness (QED) is 0.885. The molecule has 1 aromatic rings. The van der Waals surface area contributed by atoms with Gasteiger partial charge in [-0.25, -0.2) is 9.97 Å². The molecule has 0 aliphatic carbocycles. The second-order valence-corrected chi connectivity index (χ2v) is 4.16. The number of nitrogens with one attached hydrogen (secondary N) is 1. The number of rotatable bonds is 4. The van der Waals surface area contributed by atoms with E-state index in [0.717, 1.165) is 25.1 Å².